The summed E-state index contributed by atoms with van der Waals surface area (Å²) in [6.45, 7) is 4.25. The van der Waals surface area contributed by atoms with E-state index < -0.39 is 0 Å². The molecule has 0 unspecified atom stereocenters. The number of ketones is 1. The van der Waals surface area contributed by atoms with E-state index >= 15 is 0 Å². The highest BCUT2D eigenvalue weighted by atomic mass is 32.2. The van der Waals surface area contributed by atoms with Gasteiger partial charge in [-0.2, -0.15) is 0 Å². The second-order valence-corrected chi connectivity index (χ2v) is 7.84. The fraction of sp³-hybridized carbons (Fsp3) is 0.409. The van der Waals surface area contributed by atoms with Crippen molar-refractivity contribution in [2.24, 2.45) is 5.73 Å². The van der Waals surface area contributed by atoms with Crippen molar-refractivity contribution >= 4 is 17.5 Å². The number of aromatic hydroxyl groups is 1. The second kappa shape index (κ2) is 9.81. The number of carbonyl (C=O) groups is 1. The summed E-state index contributed by atoms with van der Waals surface area (Å²) in [5, 5.41) is 10.2. The van der Waals surface area contributed by atoms with Crippen molar-refractivity contribution in [3.8, 4) is 11.5 Å². The highest BCUT2D eigenvalue weighted by Gasteiger charge is 2.25. The fourth-order valence-corrected chi connectivity index (χ4v) is 4.15. The predicted octanol–water partition coefficient (Wildman–Crippen LogP) is 5.02. The Morgan fingerprint density at radius 3 is 2.52 bits per heavy atom. The molecule has 0 fully saturated rings. The van der Waals surface area contributed by atoms with Gasteiger partial charge in [0, 0.05) is 27.3 Å². The summed E-state index contributed by atoms with van der Waals surface area (Å²) in [7, 11) is 1.48. The zero-order valence-electron chi connectivity index (χ0n) is 16.3. The van der Waals surface area contributed by atoms with Crippen molar-refractivity contribution in [3.05, 3.63) is 53.6 Å². The minimum Gasteiger partial charge on any atom is -0.504 e. The van der Waals surface area contributed by atoms with Crippen LogP contribution in [0.1, 0.15) is 55.5 Å². The van der Waals surface area contributed by atoms with Gasteiger partial charge in [-0.15, -0.1) is 11.8 Å². The molecule has 5 heteroatoms. The summed E-state index contributed by atoms with van der Waals surface area (Å²) < 4.78 is 5.21. The summed E-state index contributed by atoms with van der Waals surface area (Å²) in [5.74, 6) is 0.908. The normalized spacial score (nSPS) is 13.2. The molecular formula is C22H29NO3S. The Labute approximate surface area is 166 Å². The molecule has 2 aromatic carbocycles. The standard InChI is InChI=1S/C22H29NO3S/c1-4-6-12-22(23,5-2)15-27-20-14-18(24)19(26-3)13-17(20)21(25)16-10-8-7-9-11-16/h7-11,13-14,24H,4-6,12,15,23H2,1-3H3/t22-/m1/s1. The Hall–Kier alpha value is -1.98. The molecule has 0 aromatic heterocycles. The first-order valence-electron chi connectivity index (χ1n) is 9.36. The van der Waals surface area contributed by atoms with Crippen molar-refractivity contribution in [1.29, 1.82) is 0 Å². The van der Waals surface area contributed by atoms with E-state index in [1.54, 1.807) is 24.3 Å². The van der Waals surface area contributed by atoms with Crippen LogP contribution in [-0.4, -0.2) is 29.3 Å². The van der Waals surface area contributed by atoms with Crippen LogP contribution in [0.5, 0.6) is 11.5 Å². The molecule has 2 aromatic rings. The van der Waals surface area contributed by atoms with Gasteiger partial charge in [-0.1, -0.05) is 57.0 Å². The molecular weight excluding hydrogens is 358 g/mol. The van der Waals surface area contributed by atoms with Crippen LogP contribution in [0.4, 0.5) is 0 Å². The molecule has 0 saturated carbocycles. The molecule has 1 atom stereocenters. The van der Waals surface area contributed by atoms with Crippen LogP contribution in [0.3, 0.4) is 0 Å². The SMILES string of the molecule is CCCC[C@](N)(CC)CSc1cc(O)c(OC)cc1C(=O)c1ccccc1. The van der Waals surface area contributed by atoms with Crippen LogP contribution in [0.2, 0.25) is 0 Å². The smallest absolute Gasteiger partial charge is 0.194 e. The summed E-state index contributed by atoms with van der Waals surface area (Å²) in [6, 6.07) is 12.3. The molecule has 0 aliphatic carbocycles. The van der Waals surface area contributed by atoms with Crippen LogP contribution < -0.4 is 10.5 Å². The largest absolute Gasteiger partial charge is 0.504 e. The lowest BCUT2D eigenvalue weighted by Crippen LogP contribution is -2.41. The zero-order valence-corrected chi connectivity index (χ0v) is 17.1. The Balaban J connectivity index is 2.34. The number of thioether (sulfide) groups is 1. The number of phenolic OH excluding ortho intramolecular Hbond substituents is 1. The molecule has 0 bridgehead atoms. The third kappa shape index (κ3) is 5.50. The number of unbranched alkanes of at least 4 members (excludes halogenated alkanes) is 1. The van der Waals surface area contributed by atoms with Crippen molar-refractivity contribution < 1.29 is 14.6 Å². The maximum atomic E-state index is 13.0. The van der Waals surface area contributed by atoms with Crippen molar-refractivity contribution in [2.75, 3.05) is 12.9 Å². The van der Waals surface area contributed by atoms with Crippen molar-refractivity contribution in [1.82, 2.24) is 0 Å². The molecule has 146 valence electrons. The predicted molar refractivity (Wildman–Crippen MR) is 112 cm³/mol. The lowest BCUT2D eigenvalue weighted by molar-refractivity contribution is 0.103. The number of carbonyl (C=O) groups excluding carboxylic acids is 1. The van der Waals surface area contributed by atoms with Gasteiger partial charge in [0.2, 0.25) is 0 Å². The molecule has 4 nitrogen and oxygen atoms in total. The van der Waals surface area contributed by atoms with E-state index in [4.69, 9.17) is 10.5 Å². The van der Waals surface area contributed by atoms with E-state index in [1.165, 1.54) is 18.9 Å². The van der Waals surface area contributed by atoms with E-state index in [2.05, 4.69) is 13.8 Å². The summed E-state index contributed by atoms with van der Waals surface area (Å²) in [5.41, 5.74) is 7.41. The minimum atomic E-state index is -0.288. The average molecular weight is 388 g/mol. The molecule has 0 heterocycles. The van der Waals surface area contributed by atoms with Crippen LogP contribution >= 0.6 is 11.8 Å². The molecule has 2 rings (SSSR count). The molecule has 0 aliphatic heterocycles. The maximum absolute atomic E-state index is 13.0. The molecule has 0 spiro atoms. The molecule has 27 heavy (non-hydrogen) atoms. The minimum absolute atomic E-state index is 0.0253. The molecule has 0 amide bonds. The van der Waals surface area contributed by atoms with Gasteiger partial charge in [0.15, 0.2) is 17.3 Å². The van der Waals surface area contributed by atoms with E-state index in [9.17, 15) is 9.90 Å². The summed E-state index contributed by atoms with van der Waals surface area (Å²) in [6.07, 6.45) is 3.99. The Bertz CT molecular complexity index is 764. The highest BCUT2D eigenvalue weighted by Crippen LogP contribution is 2.37. The Morgan fingerprint density at radius 2 is 1.93 bits per heavy atom. The Kier molecular flexibility index (Phi) is 7.75. The van der Waals surface area contributed by atoms with E-state index in [0.29, 0.717) is 22.6 Å². The van der Waals surface area contributed by atoms with Gasteiger partial charge in [-0.25, -0.2) is 0 Å². The second-order valence-electron chi connectivity index (χ2n) is 6.82. The van der Waals surface area contributed by atoms with Gasteiger partial charge in [0.25, 0.3) is 0 Å². The van der Waals surface area contributed by atoms with Crippen LogP contribution in [0, 0.1) is 0 Å². The number of ether oxygens (including phenoxy) is 1. The monoisotopic (exact) mass is 387 g/mol. The maximum Gasteiger partial charge on any atom is 0.194 e. The molecule has 0 radical (unpaired) electrons. The number of nitrogens with two attached hydrogens (primary N) is 1. The van der Waals surface area contributed by atoms with Gasteiger partial charge >= 0.3 is 0 Å². The lowest BCUT2D eigenvalue weighted by atomic mass is 9.93. The number of methoxy groups -OCH3 is 1. The van der Waals surface area contributed by atoms with E-state index in [1.807, 2.05) is 18.2 Å². The van der Waals surface area contributed by atoms with Gasteiger partial charge in [0.05, 0.1) is 7.11 Å². The topological polar surface area (TPSA) is 72.6 Å². The third-order valence-electron chi connectivity index (χ3n) is 4.81. The van der Waals surface area contributed by atoms with Crippen LogP contribution in [-0.2, 0) is 0 Å². The number of hydrogen-bond acceptors (Lipinski definition) is 5. The average Bonchev–Trinajstić information content (AvgIpc) is 2.71. The van der Waals surface area contributed by atoms with Crippen LogP contribution in [0.15, 0.2) is 47.4 Å². The molecule has 0 saturated heterocycles. The Morgan fingerprint density at radius 1 is 1.22 bits per heavy atom. The van der Waals surface area contributed by atoms with Gasteiger partial charge in [-0.3, -0.25) is 4.79 Å². The first-order chi connectivity index (χ1) is 12.9. The first kappa shape index (κ1) is 21.3. The fourth-order valence-electron chi connectivity index (χ4n) is 2.86. The van der Waals surface area contributed by atoms with Gasteiger partial charge in [0.1, 0.15) is 0 Å². The first-order valence-corrected chi connectivity index (χ1v) is 10.3. The summed E-state index contributed by atoms with van der Waals surface area (Å²) in [4.78, 5) is 13.8. The highest BCUT2D eigenvalue weighted by molar-refractivity contribution is 7.99. The molecule has 3 N–H and O–H groups in total. The summed E-state index contributed by atoms with van der Waals surface area (Å²) >= 11 is 1.52. The third-order valence-corrected chi connectivity index (χ3v) is 6.18. The quantitative estimate of drug-likeness (QED) is 0.442. The number of rotatable bonds is 10. The number of phenols is 1. The lowest BCUT2D eigenvalue weighted by Gasteiger charge is -2.28. The number of benzene rings is 2. The van der Waals surface area contributed by atoms with Gasteiger partial charge < -0.3 is 15.6 Å². The van der Waals surface area contributed by atoms with Crippen molar-refractivity contribution in [3.63, 3.8) is 0 Å². The van der Waals surface area contributed by atoms with E-state index in [0.717, 1.165) is 30.6 Å². The van der Waals surface area contributed by atoms with Crippen molar-refractivity contribution in [2.45, 2.75) is 50.0 Å². The van der Waals surface area contributed by atoms with E-state index in [-0.39, 0.29) is 17.1 Å². The molecule has 0 aliphatic rings. The zero-order chi connectivity index (χ0) is 19.9. The van der Waals surface area contributed by atoms with Gasteiger partial charge in [-0.05, 0) is 25.0 Å². The number of hydrogen-bond donors (Lipinski definition) is 2. The van der Waals surface area contributed by atoms with Crippen LogP contribution in [0.25, 0.3) is 0 Å².